The van der Waals surface area contributed by atoms with Gasteiger partial charge in [-0.1, -0.05) is 12.1 Å². The molecule has 0 aliphatic carbocycles. The van der Waals surface area contributed by atoms with E-state index in [0.717, 1.165) is 42.5 Å². The highest BCUT2D eigenvalue weighted by Crippen LogP contribution is 2.31. The van der Waals surface area contributed by atoms with Gasteiger partial charge in [0, 0.05) is 0 Å². The molecule has 1 amide bonds. The molecule has 25 heavy (non-hydrogen) atoms. The van der Waals surface area contributed by atoms with Crippen LogP contribution in [0.15, 0.2) is 48.5 Å². The zero-order valence-corrected chi connectivity index (χ0v) is 12.2. The molecule has 0 unspecified atom stereocenters. The molecule has 2 N–H and O–H groups in total. The standard InChI is InChI=1S/C15H10F6N2O2/c16-14(17,18)12-4-2-1-3-11(12)13(24)23-22-9-5-7-10(8-6-9)25-15(19,20)21/h1-8,22H,(H,23,24). The zero-order chi connectivity index (χ0) is 18.7. The third-order valence-corrected chi connectivity index (χ3v) is 2.89. The van der Waals surface area contributed by atoms with Crippen molar-refractivity contribution in [2.24, 2.45) is 0 Å². The van der Waals surface area contributed by atoms with Crippen LogP contribution in [0.5, 0.6) is 5.75 Å². The first kappa shape index (κ1) is 18.4. The number of carbonyl (C=O) groups excluding carboxylic acids is 1. The number of hydrazine groups is 1. The van der Waals surface area contributed by atoms with Gasteiger partial charge in [-0.3, -0.25) is 15.6 Å². The minimum Gasteiger partial charge on any atom is -0.406 e. The minimum absolute atomic E-state index is 0.146. The van der Waals surface area contributed by atoms with Gasteiger partial charge in [-0.25, -0.2) is 0 Å². The van der Waals surface area contributed by atoms with Gasteiger partial charge in [-0.15, -0.1) is 13.2 Å². The molecule has 4 nitrogen and oxygen atoms in total. The van der Waals surface area contributed by atoms with Crippen molar-refractivity contribution >= 4 is 11.6 Å². The number of nitrogens with one attached hydrogen (secondary N) is 2. The second kappa shape index (κ2) is 6.91. The fraction of sp³-hybridized carbons (Fsp3) is 0.133. The zero-order valence-electron chi connectivity index (χ0n) is 12.2. The summed E-state index contributed by atoms with van der Waals surface area (Å²) in [5, 5.41) is 0. The lowest BCUT2D eigenvalue weighted by atomic mass is 10.1. The van der Waals surface area contributed by atoms with Crippen molar-refractivity contribution in [2.75, 3.05) is 5.43 Å². The van der Waals surface area contributed by atoms with Crippen molar-refractivity contribution in [1.29, 1.82) is 0 Å². The third kappa shape index (κ3) is 5.30. The van der Waals surface area contributed by atoms with Crippen LogP contribution in [-0.4, -0.2) is 12.3 Å². The number of amides is 1. The fourth-order valence-corrected chi connectivity index (χ4v) is 1.86. The van der Waals surface area contributed by atoms with Gasteiger partial charge in [0.05, 0.1) is 16.8 Å². The van der Waals surface area contributed by atoms with Gasteiger partial charge in [-0.05, 0) is 36.4 Å². The van der Waals surface area contributed by atoms with Gasteiger partial charge in [0.25, 0.3) is 5.91 Å². The molecule has 0 saturated heterocycles. The van der Waals surface area contributed by atoms with Crippen molar-refractivity contribution in [3.05, 3.63) is 59.7 Å². The normalized spacial score (nSPS) is 11.8. The van der Waals surface area contributed by atoms with E-state index in [9.17, 15) is 31.1 Å². The molecule has 0 saturated carbocycles. The molecular weight excluding hydrogens is 354 g/mol. The number of carbonyl (C=O) groups is 1. The molecular formula is C15H10F6N2O2. The highest BCUT2D eigenvalue weighted by Gasteiger charge is 2.34. The summed E-state index contributed by atoms with van der Waals surface area (Å²) in [4.78, 5) is 11.9. The Morgan fingerprint density at radius 1 is 0.880 bits per heavy atom. The van der Waals surface area contributed by atoms with Crippen LogP contribution < -0.4 is 15.6 Å². The van der Waals surface area contributed by atoms with Crippen LogP contribution in [-0.2, 0) is 6.18 Å². The minimum atomic E-state index is -4.84. The van der Waals surface area contributed by atoms with Gasteiger partial charge in [0.1, 0.15) is 5.75 Å². The average molecular weight is 364 g/mol. The number of benzene rings is 2. The maximum Gasteiger partial charge on any atom is 0.573 e. The van der Waals surface area contributed by atoms with Crippen LogP contribution in [0.25, 0.3) is 0 Å². The highest BCUT2D eigenvalue weighted by molar-refractivity contribution is 5.96. The highest BCUT2D eigenvalue weighted by atomic mass is 19.4. The van der Waals surface area contributed by atoms with Crippen LogP contribution in [0.3, 0.4) is 0 Å². The number of alkyl halides is 6. The molecule has 0 fully saturated rings. The summed E-state index contributed by atoms with van der Waals surface area (Å²) >= 11 is 0. The Balaban J connectivity index is 2.04. The van der Waals surface area contributed by atoms with Gasteiger partial charge < -0.3 is 4.74 Å². The predicted octanol–water partition coefficient (Wildman–Crippen LogP) is 4.36. The summed E-state index contributed by atoms with van der Waals surface area (Å²) in [5.74, 6) is -1.53. The van der Waals surface area contributed by atoms with Gasteiger partial charge in [0.15, 0.2) is 0 Å². The molecule has 0 radical (unpaired) electrons. The van der Waals surface area contributed by atoms with E-state index in [1.165, 1.54) is 6.07 Å². The van der Waals surface area contributed by atoms with E-state index in [4.69, 9.17) is 0 Å². The summed E-state index contributed by atoms with van der Waals surface area (Å²) < 4.78 is 78.3. The van der Waals surface area contributed by atoms with Crippen molar-refractivity contribution in [1.82, 2.24) is 5.43 Å². The van der Waals surface area contributed by atoms with E-state index in [2.05, 4.69) is 10.2 Å². The first-order valence-electron chi connectivity index (χ1n) is 6.64. The van der Waals surface area contributed by atoms with E-state index in [1.54, 1.807) is 0 Å². The lowest BCUT2D eigenvalue weighted by Gasteiger charge is -2.14. The summed E-state index contributed by atoms with van der Waals surface area (Å²) in [6.45, 7) is 0. The molecule has 2 rings (SSSR count). The molecule has 0 spiro atoms. The van der Waals surface area contributed by atoms with E-state index < -0.39 is 35.3 Å². The van der Waals surface area contributed by atoms with Gasteiger partial charge in [0.2, 0.25) is 0 Å². The summed E-state index contributed by atoms with van der Waals surface area (Å²) in [6, 6.07) is 8.43. The monoisotopic (exact) mass is 364 g/mol. The summed E-state index contributed by atoms with van der Waals surface area (Å²) in [6.07, 6.45) is -9.55. The fourth-order valence-electron chi connectivity index (χ4n) is 1.86. The van der Waals surface area contributed by atoms with Crippen molar-refractivity contribution in [2.45, 2.75) is 12.5 Å². The lowest BCUT2D eigenvalue weighted by molar-refractivity contribution is -0.274. The first-order chi connectivity index (χ1) is 11.6. The van der Waals surface area contributed by atoms with E-state index in [1.807, 2.05) is 5.43 Å². The maximum atomic E-state index is 12.8. The van der Waals surface area contributed by atoms with Crippen LogP contribution in [0.4, 0.5) is 32.0 Å². The Morgan fingerprint density at radius 3 is 2.04 bits per heavy atom. The smallest absolute Gasteiger partial charge is 0.406 e. The van der Waals surface area contributed by atoms with Crippen molar-refractivity contribution in [3.63, 3.8) is 0 Å². The second-order valence-electron chi connectivity index (χ2n) is 4.69. The Hall–Kier alpha value is -2.91. The SMILES string of the molecule is O=C(NNc1ccc(OC(F)(F)F)cc1)c1ccccc1C(F)(F)F. The van der Waals surface area contributed by atoms with Crippen molar-refractivity contribution < 1.29 is 35.9 Å². The number of anilines is 1. The number of ether oxygens (including phenoxy) is 1. The van der Waals surface area contributed by atoms with E-state index >= 15 is 0 Å². The molecule has 0 bridgehead atoms. The Kier molecular flexibility index (Phi) is 5.10. The topological polar surface area (TPSA) is 50.4 Å². The van der Waals surface area contributed by atoms with E-state index in [-0.39, 0.29) is 5.69 Å². The largest absolute Gasteiger partial charge is 0.573 e. The predicted molar refractivity (Wildman–Crippen MR) is 75.7 cm³/mol. The summed E-state index contributed by atoms with van der Waals surface area (Å²) in [5.41, 5.74) is 2.79. The molecule has 0 aromatic heterocycles. The second-order valence-corrected chi connectivity index (χ2v) is 4.69. The molecule has 0 heterocycles. The number of hydrogen-bond donors (Lipinski definition) is 2. The van der Waals surface area contributed by atoms with Crippen LogP contribution in [0.1, 0.15) is 15.9 Å². The third-order valence-electron chi connectivity index (χ3n) is 2.89. The molecule has 2 aromatic rings. The Morgan fingerprint density at radius 2 is 1.48 bits per heavy atom. The molecule has 10 heteroatoms. The molecule has 134 valence electrons. The van der Waals surface area contributed by atoms with Crippen LogP contribution in [0, 0.1) is 0 Å². The number of halogens is 6. The Bertz CT molecular complexity index is 741. The molecule has 2 aromatic carbocycles. The van der Waals surface area contributed by atoms with E-state index in [0.29, 0.717) is 0 Å². The maximum absolute atomic E-state index is 12.8. The Labute approximate surface area is 137 Å². The quantitative estimate of drug-likeness (QED) is 0.626. The molecule has 0 atom stereocenters. The number of hydrogen-bond acceptors (Lipinski definition) is 3. The lowest BCUT2D eigenvalue weighted by Crippen LogP contribution is -2.31. The van der Waals surface area contributed by atoms with Crippen LogP contribution in [0.2, 0.25) is 0 Å². The average Bonchev–Trinajstić information content (AvgIpc) is 2.51. The molecule has 0 aliphatic rings. The molecule has 0 aliphatic heterocycles. The first-order valence-corrected chi connectivity index (χ1v) is 6.64. The van der Waals surface area contributed by atoms with Gasteiger partial charge in [-0.2, -0.15) is 13.2 Å². The van der Waals surface area contributed by atoms with Crippen LogP contribution >= 0.6 is 0 Å². The number of rotatable bonds is 4. The van der Waals surface area contributed by atoms with Crippen molar-refractivity contribution in [3.8, 4) is 5.75 Å². The summed E-state index contributed by atoms with van der Waals surface area (Å²) in [7, 11) is 0. The van der Waals surface area contributed by atoms with Gasteiger partial charge >= 0.3 is 12.5 Å².